The van der Waals surface area contributed by atoms with Gasteiger partial charge < -0.3 is 10.3 Å². The molecule has 2 N–H and O–H groups in total. The Hall–Kier alpha value is -2.41. The molecule has 0 saturated carbocycles. The number of aromatic amines is 1. The molecule has 0 radical (unpaired) electrons. The van der Waals surface area contributed by atoms with E-state index in [-0.39, 0.29) is 5.03 Å². The zero-order valence-corrected chi connectivity index (χ0v) is 12.2. The van der Waals surface area contributed by atoms with Crippen molar-refractivity contribution in [3.63, 3.8) is 0 Å². The molecule has 0 fully saturated rings. The molecule has 3 rings (SSSR count). The first-order valence-electron chi connectivity index (χ1n) is 6.35. The summed E-state index contributed by atoms with van der Waals surface area (Å²) in [6, 6.07) is 7.09. The minimum atomic E-state index is -3.26. The molecule has 0 bridgehead atoms. The summed E-state index contributed by atoms with van der Waals surface area (Å²) < 4.78 is 22.7. The highest BCUT2D eigenvalue weighted by Crippen LogP contribution is 2.17. The predicted molar refractivity (Wildman–Crippen MR) is 80.8 cm³/mol. The first-order valence-corrected chi connectivity index (χ1v) is 8.24. The first kappa shape index (κ1) is 13.6. The van der Waals surface area contributed by atoms with E-state index >= 15 is 0 Å². The van der Waals surface area contributed by atoms with Crippen LogP contribution in [0, 0.1) is 0 Å². The number of nitrogens with one attached hydrogen (secondary N) is 2. The Balaban J connectivity index is 1.76. The number of nitrogens with zero attached hydrogens (tertiary/aromatic N) is 2. The Morgan fingerprint density at radius 2 is 2.10 bits per heavy atom. The van der Waals surface area contributed by atoms with E-state index in [0.29, 0.717) is 6.54 Å². The van der Waals surface area contributed by atoms with E-state index in [1.807, 2.05) is 18.3 Å². The number of sulfone groups is 1. The summed E-state index contributed by atoms with van der Waals surface area (Å²) in [5.41, 5.74) is 2.70. The van der Waals surface area contributed by atoms with E-state index in [0.717, 1.165) is 28.5 Å². The Morgan fingerprint density at radius 3 is 2.81 bits per heavy atom. The largest absolute Gasteiger partial charge is 0.380 e. The molecule has 0 unspecified atom stereocenters. The molecule has 108 valence electrons. The normalized spacial score (nSPS) is 11.7. The smallest absolute Gasteiger partial charge is 0.192 e. The average molecular weight is 302 g/mol. The van der Waals surface area contributed by atoms with Crippen LogP contribution in [0.1, 0.15) is 5.56 Å². The number of fused-ring (bicyclic) bond motifs is 1. The lowest BCUT2D eigenvalue weighted by Gasteiger charge is -2.05. The lowest BCUT2D eigenvalue weighted by molar-refractivity contribution is 0.598. The van der Waals surface area contributed by atoms with E-state index in [2.05, 4.69) is 20.3 Å². The summed E-state index contributed by atoms with van der Waals surface area (Å²) in [5.74, 6) is 0. The van der Waals surface area contributed by atoms with Crippen LogP contribution in [0.25, 0.3) is 11.0 Å². The second-order valence-corrected chi connectivity index (χ2v) is 6.69. The summed E-state index contributed by atoms with van der Waals surface area (Å²) in [6.07, 6.45) is 6.30. The molecular weight excluding hydrogens is 288 g/mol. The maximum atomic E-state index is 11.3. The van der Waals surface area contributed by atoms with E-state index in [1.54, 1.807) is 12.3 Å². The zero-order valence-electron chi connectivity index (χ0n) is 11.4. The van der Waals surface area contributed by atoms with Crippen molar-refractivity contribution in [2.45, 2.75) is 11.6 Å². The van der Waals surface area contributed by atoms with Gasteiger partial charge in [-0.2, -0.15) is 0 Å². The number of rotatable bonds is 4. The third kappa shape index (κ3) is 2.87. The van der Waals surface area contributed by atoms with Gasteiger partial charge in [-0.25, -0.2) is 18.4 Å². The molecule has 0 amide bonds. The van der Waals surface area contributed by atoms with Crippen molar-refractivity contribution in [1.82, 2.24) is 15.0 Å². The lowest BCUT2D eigenvalue weighted by atomic mass is 10.2. The zero-order chi connectivity index (χ0) is 14.9. The fourth-order valence-corrected chi connectivity index (χ4v) is 2.62. The van der Waals surface area contributed by atoms with Crippen LogP contribution >= 0.6 is 0 Å². The average Bonchev–Trinajstić information content (AvgIpc) is 2.88. The molecule has 3 aromatic rings. The van der Waals surface area contributed by atoms with Crippen LogP contribution in [0.2, 0.25) is 0 Å². The topological polar surface area (TPSA) is 87.7 Å². The van der Waals surface area contributed by atoms with Crippen LogP contribution in [0.15, 0.2) is 47.9 Å². The van der Waals surface area contributed by atoms with Crippen LogP contribution in [0.3, 0.4) is 0 Å². The Morgan fingerprint density at radius 1 is 1.24 bits per heavy atom. The first-order chi connectivity index (χ1) is 10.0. The van der Waals surface area contributed by atoms with Gasteiger partial charge in [0.05, 0.1) is 11.9 Å². The number of anilines is 1. The molecule has 6 nitrogen and oxygen atoms in total. The highest BCUT2D eigenvalue weighted by Gasteiger charge is 2.08. The van der Waals surface area contributed by atoms with Gasteiger partial charge in [-0.3, -0.25) is 0 Å². The summed E-state index contributed by atoms with van der Waals surface area (Å²) in [7, 11) is -3.26. The molecule has 0 aliphatic rings. The number of hydrogen-bond acceptors (Lipinski definition) is 5. The highest BCUT2D eigenvalue weighted by atomic mass is 32.2. The molecule has 0 spiro atoms. The van der Waals surface area contributed by atoms with E-state index in [9.17, 15) is 8.42 Å². The standard InChI is InChI=1S/C14H14N4O2S/c1-21(19,20)13-5-4-11(9-17-13)16-7-10-8-18-14-12(10)3-2-6-15-14/h2-6,8-9,16H,7H2,1H3,(H,15,18). The van der Waals surface area contributed by atoms with Crippen molar-refractivity contribution < 1.29 is 8.42 Å². The third-order valence-electron chi connectivity index (χ3n) is 3.14. The Kier molecular flexibility index (Phi) is 3.34. The van der Waals surface area contributed by atoms with Gasteiger partial charge in [0.15, 0.2) is 14.9 Å². The molecular formula is C14H14N4O2S. The minimum absolute atomic E-state index is 0.0735. The third-order valence-corrected chi connectivity index (χ3v) is 4.14. The van der Waals surface area contributed by atoms with Crippen molar-refractivity contribution in [2.24, 2.45) is 0 Å². The second kappa shape index (κ2) is 5.17. The minimum Gasteiger partial charge on any atom is -0.380 e. The van der Waals surface area contributed by atoms with Crippen molar-refractivity contribution in [3.05, 3.63) is 48.4 Å². The van der Waals surface area contributed by atoms with Gasteiger partial charge in [0.1, 0.15) is 5.65 Å². The quantitative estimate of drug-likeness (QED) is 0.769. The molecule has 0 aromatic carbocycles. The van der Waals surface area contributed by atoms with Crippen LogP contribution in [0.5, 0.6) is 0 Å². The summed E-state index contributed by atoms with van der Waals surface area (Å²) in [5, 5.41) is 4.35. The van der Waals surface area contributed by atoms with Gasteiger partial charge in [-0.15, -0.1) is 0 Å². The molecule has 0 aliphatic heterocycles. The molecule has 7 heteroatoms. The van der Waals surface area contributed by atoms with Gasteiger partial charge in [-0.1, -0.05) is 0 Å². The fourth-order valence-electron chi connectivity index (χ4n) is 2.06. The van der Waals surface area contributed by atoms with Crippen LogP contribution in [0.4, 0.5) is 5.69 Å². The van der Waals surface area contributed by atoms with Gasteiger partial charge in [0, 0.05) is 30.6 Å². The van der Waals surface area contributed by atoms with E-state index < -0.39 is 9.84 Å². The van der Waals surface area contributed by atoms with Gasteiger partial charge in [0.2, 0.25) is 0 Å². The maximum Gasteiger partial charge on any atom is 0.192 e. The molecule has 21 heavy (non-hydrogen) atoms. The van der Waals surface area contributed by atoms with Crippen molar-refractivity contribution in [2.75, 3.05) is 11.6 Å². The number of pyridine rings is 2. The van der Waals surface area contributed by atoms with Crippen LogP contribution < -0.4 is 5.32 Å². The summed E-state index contributed by atoms with van der Waals surface area (Å²) in [6.45, 7) is 0.603. The van der Waals surface area contributed by atoms with Gasteiger partial charge in [0.25, 0.3) is 0 Å². The summed E-state index contributed by atoms with van der Waals surface area (Å²) >= 11 is 0. The van der Waals surface area contributed by atoms with Crippen LogP contribution in [-0.2, 0) is 16.4 Å². The number of hydrogen-bond donors (Lipinski definition) is 2. The number of H-pyrrole nitrogens is 1. The van der Waals surface area contributed by atoms with Gasteiger partial charge >= 0.3 is 0 Å². The maximum absolute atomic E-state index is 11.3. The lowest BCUT2D eigenvalue weighted by Crippen LogP contribution is -2.03. The van der Waals surface area contributed by atoms with E-state index in [1.165, 1.54) is 12.3 Å². The van der Waals surface area contributed by atoms with E-state index in [4.69, 9.17) is 0 Å². The second-order valence-electron chi connectivity index (χ2n) is 4.72. The summed E-state index contributed by atoms with van der Waals surface area (Å²) in [4.78, 5) is 11.3. The Bertz CT molecular complexity index is 869. The predicted octanol–water partition coefficient (Wildman–Crippen LogP) is 1.97. The Labute approximate surface area is 122 Å². The fraction of sp³-hybridized carbons (Fsp3) is 0.143. The number of aromatic nitrogens is 3. The molecule has 0 saturated heterocycles. The molecule has 3 aromatic heterocycles. The highest BCUT2D eigenvalue weighted by molar-refractivity contribution is 7.90. The monoisotopic (exact) mass is 302 g/mol. The molecule has 3 heterocycles. The van der Waals surface area contributed by atoms with Crippen molar-refractivity contribution in [1.29, 1.82) is 0 Å². The molecule has 0 aliphatic carbocycles. The van der Waals surface area contributed by atoms with Crippen LogP contribution in [-0.4, -0.2) is 29.6 Å². The van der Waals surface area contributed by atoms with Crippen molar-refractivity contribution >= 4 is 26.6 Å². The molecule has 0 atom stereocenters. The SMILES string of the molecule is CS(=O)(=O)c1ccc(NCc2c[nH]c3ncccc23)cn1. The van der Waals surface area contributed by atoms with Gasteiger partial charge in [-0.05, 0) is 29.8 Å². The van der Waals surface area contributed by atoms with Crippen molar-refractivity contribution in [3.8, 4) is 0 Å².